The Kier molecular flexibility index (Phi) is 4.51. The van der Waals surface area contributed by atoms with E-state index in [1.54, 1.807) is 14.2 Å². The van der Waals surface area contributed by atoms with Crippen molar-refractivity contribution in [1.82, 2.24) is 0 Å². The molecule has 0 aliphatic carbocycles. The lowest BCUT2D eigenvalue weighted by atomic mass is 10.1. The van der Waals surface area contributed by atoms with Crippen molar-refractivity contribution in [3.63, 3.8) is 0 Å². The van der Waals surface area contributed by atoms with Crippen LogP contribution in [-0.4, -0.2) is 14.2 Å². The normalized spacial score (nSPS) is 10.2. The van der Waals surface area contributed by atoms with E-state index in [9.17, 15) is 0 Å². The van der Waals surface area contributed by atoms with Gasteiger partial charge < -0.3 is 14.2 Å². The SMILES string of the molecule is COc1ccc(COc2ccc(C)cc2C)cc1OC. The van der Waals surface area contributed by atoms with E-state index in [0.717, 1.165) is 22.6 Å². The van der Waals surface area contributed by atoms with Gasteiger partial charge in [0.15, 0.2) is 11.5 Å². The maximum Gasteiger partial charge on any atom is 0.161 e. The summed E-state index contributed by atoms with van der Waals surface area (Å²) in [4.78, 5) is 0. The molecule has 0 unspecified atom stereocenters. The van der Waals surface area contributed by atoms with Crippen molar-refractivity contribution in [1.29, 1.82) is 0 Å². The lowest BCUT2D eigenvalue weighted by Crippen LogP contribution is -1.99. The summed E-state index contributed by atoms with van der Waals surface area (Å²) in [6.07, 6.45) is 0. The lowest BCUT2D eigenvalue weighted by Gasteiger charge is -2.12. The van der Waals surface area contributed by atoms with E-state index in [1.807, 2.05) is 24.3 Å². The highest BCUT2D eigenvalue weighted by Crippen LogP contribution is 2.28. The van der Waals surface area contributed by atoms with Crippen LogP contribution in [-0.2, 0) is 6.61 Å². The number of methoxy groups -OCH3 is 2. The molecular formula is C17H20O3. The van der Waals surface area contributed by atoms with Crippen molar-refractivity contribution in [2.75, 3.05) is 14.2 Å². The smallest absolute Gasteiger partial charge is 0.161 e. The second-order valence-corrected chi connectivity index (χ2v) is 4.75. The highest BCUT2D eigenvalue weighted by Gasteiger charge is 2.06. The first-order chi connectivity index (χ1) is 9.63. The van der Waals surface area contributed by atoms with Crippen LogP contribution < -0.4 is 14.2 Å². The van der Waals surface area contributed by atoms with Gasteiger partial charge in [-0.05, 0) is 43.2 Å². The van der Waals surface area contributed by atoms with E-state index in [4.69, 9.17) is 14.2 Å². The summed E-state index contributed by atoms with van der Waals surface area (Å²) in [6.45, 7) is 4.63. The molecule has 0 amide bonds. The molecule has 106 valence electrons. The second kappa shape index (κ2) is 6.33. The van der Waals surface area contributed by atoms with Gasteiger partial charge in [0.05, 0.1) is 14.2 Å². The Morgan fingerprint density at radius 3 is 2.15 bits per heavy atom. The Morgan fingerprint density at radius 1 is 0.800 bits per heavy atom. The largest absolute Gasteiger partial charge is 0.493 e. The van der Waals surface area contributed by atoms with Crippen LogP contribution in [0.15, 0.2) is 36.4 Å². The predicted octanol–water partition coefficient (Wildman–Crippen LogP) is 3.90. The first-order valence-electron chi connectivity index (χ1n) is 6.55. The van der Waals surface area contributed by atoms with E-state index in [-0.39, 0.29) is 0 Å². The van der Waals surface area contributed by atoms with Crippen LogP contribution in [0.5, 0.6) is 17.2 Å². The first-order valence-corrected chi connectivity index (χ1v) is 6.55. The highest BCUT2D eigenvalue weighted by atomic mass is 16.5. The van der Waals surface area contributed by atoms with Crippen molar-refractivity contribution < 1.29 is 14.2 Å². The third-order valence-corrected chi connectivity index (χ3v) is 3.17. The Balaban J connectivity index is 2.10. The zero-order chi connectivity index (χ0) is 14.5. The van der Waals surface area contributed by atoms with E-state index in [0.29, 0.717) is 12.4 Å². The van der Waals surface area contributed by atoms with Gasteiger partial charge in [-0.1, -0.05) is 23.8 Å². The number of hydrogen-bond donors (Lipinski definition) is 0. The van der Waals surface area contributed by atoms with Gasteiger partial charge in [-0.3, -0.25) is 0 Å². The molecular weight excluding hydrogens is 252 g/mol. The fraction of sp³-hybridized carbons (Fsp3) is 0.294. The summed E-state index contributed by atoms with van der Waals surface area (Å²) in [7, 11) is 3.26. The van der Waals surface area contributed by atoms with E-state index in [1.165, 1.54) is 5.56 Å². The summed E-state index contributed by atoms with van der Waals surface area (Å²) in [5, 5.41) is 0. The minimum atomic E-state index is 0.504. The van der Waals surface area contributed by atoms with Gasteiger partial charge in [-0.25, -0.2) is 0 Å². The van der Waals surface area contributed by atoms with Crippen LogP contribution in [0.3, 0.4) is 0 Å². The van der Waals surface area contributed by atoms with Crippen LogP contribution in [0.2, 0.25) is 0 Å². The molecule has 0 aliphatic rings. The number of aryl methyl sites for hydroxylation is 2. The van der Waals surface area contributed by atoms with Crippen molar-refractivity contribution in [3.05, 3.63) is 53.1 Å². The van der Waals surface area contributed by atoms with Gasteiger partial charge in [0, 0.05) is 0 Å². The van der Waals surface area contributed by atoms with Gasteiger partial charge in [0.2, 0.25) is 0 Å². The van der Waals surface area contributed by atoms with Crippen molar-refractivity contribution >= 4 is 0 Å². The average molecular weight is 272 g/mol. The Bertz CT molecular complexity index is 591. The maximum absolute atomic E-state index is 5.85. The van der Waals surface area contributed by atoms with Gasteiger partial charge in [0.1, 0.15) is 12.4 Å². The topological polar surface area (TPSA) is 27.7 Å². The Morgan fingerprint density at radius 2 is 1.50 bits per heavy atom. The Hall–Kier alpha value is -2.16. The minimum absolute atomic E-state index is 0.504. The summed E-state index contributed by atoms with van der Waals surface area (Å²) in [5.41, 5.74) is 3.43. The summed E-state index contributed by atoms with van der Waals surface area (Å²) >= 11 is 0. The van der Waals surface area contributed by atoms with E-state index < -0.39 is 0 Å². The number of hydrogen-bond acceptors (Lipinski definition) is 3. The molecule has 0 aromatic heterocycles. The predicted molar refractivity (Wildman–Crippen MR) is 79.8 cm³/mol. The summed E-state index contributed by atoms with van der Waals surface area (Å²) < 4.78 is 16.4. The number of rotatable bonds is 5. The average Bonchev–Trinajstić information content (AvgIpc) is 2.46. The standard InChI is InChI=1S/C17H20O3/c1-12-5-7-15(13(2)9-12)20-11-14-6-8-16(18-3)17(10-14)19-4/h5-10H,11H2,1-4H3. The molecule has 0 saturated heterocycles. The molecule has 2 rings (SSSR count). The molecule has 0 fully saturated rings. The van der Waals surface area contributed by atoms with Crippen LogP contribution in [0.25, 0.3) is 0 Å². The first kappa shape index (κ1) is 14.3. The van der Waals surface area contributed by atoms with Crippen LogP contribution in [0.1, 0.15) is 16.7 Å². The lowest BCUT2D eigenvalue weighted by molar-refractivity contribution is 0.301. The fourth-order valence-corrected chi connectivity index (χ4v) is 2.09. The molecule has 0 aliphatic heterocycles. The summed E-state index contributed by atoms with van der Waals surface area (Å²) in [6, 6.07) is 12.0. The second-order valence-electron chi connectivity index (χ2n) is 4.75. The molecule has 0 bridgehead atoms. The van der Waals surface area contributed by atoms with Crippen LogP contribution in [0, 0.1) is 13.8 Å². The van der Waals surface area contributed by atoms with Crippen LogP contribution >= 0.6 is 0 Å². The fourth-order valence-electron chi connectivity index (χ4n) is 2.09. The minimum Gasteiger partial charge on any atom is -0.493 e. The van der Waals surface area contributed by atoms with Crippen molar-refractivity contribution in [2.24, 2.45) is 0 Å². The van der Waals surface area contributed by atoms with Gasteiger partial charge in [0.25, 0.3) is 0 Å². The zero-order valence-electron chi connectivity index (χ0n) is 12.4. The summed E-state index contributed by atoms with van der Waals surface area (Å²) in [5.74, 6) is 2.35. The molecule has 3 nitrogen and oxygen atoms in total. The molecule has 2 aromatic rings. The molecule has 0 N–H and O–H groups in total. The monoisotopic (exact) mass is 272 g/mol. The van der Waals surface area contributed by atoms with Gasteiger partial charge in [-0.15, -0.1) is 0 Å². The third kappa shape index (κ3) is 3.23. The molecule has 0 atom stereocenters. The molecule has 3 heteroatoms. The Labute approximate surface area is 120 Å². The molecule has 0 spiro atoms. The third-order valence-electron chi connectivity index (χ3n) is 3.17. The van der Waals surface area contributed by atoms with Crippen LogP contribution in [0.4, 0.5) is 0 Å². The van der Waals surface area contributed by atoms with E-state index >= 15 is 0 Å². The van der Waals surface area contributed by atoms with Crippen molar-refractivity contribution in [3.8, 4) is 17.2 Å². The molecule has 20 heavy (non-hydrogen) atoms. The van der Waals surface area contributed by atoms with Gasteiger partial charge in [-0.2, -0.15) is 0 Å². The molecule has 0 radical (unpaired) electrons. The maximum atomic E-state index is 5.85. The van der Waals surface area contributed by atoms with Gasteiger partial charge >= 0.3 is 0 Å². The zero-order valence-corrected chi connectivity index (χ0v) is 12.4. The molecule has 2 aromatic carbocycles. The number of ether oxygens (including phenoxy) is 3. The molecule has 0 saturated carbocycles. The molecule has 0 heterocycles. The van der Waals surface area contributed by atoms with E-state index in [2.05, 4.69) is 26.0 Å². The number of benzene rings is 2. The quantitative estimate of drug-likeness (QED) is 0.826. The highest BCUT2D eigenvalue weighted by molar-refractivity contribution is 5.43. The van der Waals surface area contributed by atoms with Crippen molar-refractivity contribution in [2.45, 2.75) is 20.5 Å².